The smallest absolute Gasteiger partial charge is 0.244 e. The van der Waals surface area contributed by atoms with E-state index in [1.165, 1.54) is 0 Å². The van der Waals surface area contributed by atoms with Crippen LogP contribution in [0.4, 0.5) is 0 Å². The van der Waals surface area contributed by atoms with Gasteiger partial charge in [-0.25, -0.2) is 0 Å². The van der Waals surface area contributed by atoms with Crippen LogP contribution in [0, 0.1) is 5.92 Å². The molecule has 1 aliphatic heterocycles. The van der Waals surface area contributed by atoms with Crippen molar-refractivity contribution < 1.29 is 4.79 Å². The number of nitrogens with zero attached hydrogens (tertiary/aromatic N) is 3. The molecule has 1 aliphatic rings. The standard InChI is InChI=1S/C11H18N4O/c1-9-3-6-14(7-10(9)12)11(16)8-15-5-2-4-13-15/h2,4-5,9-10H,3,6-8,12H2,1H3. The molecule has 0 aromatic carbocycles. The lowest BCUT2D eigenvalue weighted by atomic mass is 9.94. The fraction of sp³-hybridized carbons (Fsp3) is 0.636. The monoisotopic (exact) mass is 222 g/mol. The first-order valence-corrected chi connectivity index (χ1v) is 5.67. The van der Waals surface area contributed by atoms with Gasteiger partial charge in [0, 0.05) is 31.5 Å². The summed E-state index contributed by atoms with van der Waals surface area (Å²) in [6, 6.07) is 1.92. The van der Waals surface area contributed by atoms with E-state index in [-0.39, 0.29) is 11.9 Å². The van der Waals surface area contributed by atoms with E-state index in [1.807, 2.05) is 11.0 Å². The maximum Gasteiger partial charge on any atom is 0.244 e. The Kier molecular flexibility index (Phi) is 3.24. The van der Waals surface area contributed by atoms with Gasteiger partial charge in [0.15, 0.2) is 0 Å². The van der Waals surface area contributed by atoms with Gasteiger partial charge in [0.1, 0.15) is 6.54 Å². The predicted octanol–water partition coefficient (Wildman–Crippen LogP) is 0.0788. The zero-order valence-corrected chi connectivity index (χ0v) is 9.54. The normalized spacial score (nSPS) is 25.8. The number of aromatic nitrogens is 2. The van der Waals surface area contributed by atoms with Gasteiger partial charge in [-0.15, -0.1) is 0 Å². The van der Waals surface area contributed by atoms with Crippen LogP contribution in [-0.4, -0.2) is 39.7 Å². The lowest BCUT2D eigenvalue weighted by molar-refractivity contribution is -0.133. The largest absolute Gasteiger partial charge is 0.340 e. The molecule has 5 heteroatoms. The number of carbonyl (C=O) groups excluding carboxylic acids is 1. The highest BCUT2D eigenvalue weighted by Gasteiger charge is 2.26. The minimum absolute atomic E-state index is 0.103. The number of amides is 1. The molecule has 1 fully saturated rings. The highest BCUT2D eigenvalue weighted by molar-refractivity contribution is 5.76. The number of hydrogen-bond donors (Lipinski definition) is 1. The van der Waals surface area contributed by atoms with Gasteiger partial charge in [-0.2, -0.15) is 5.10 Å². The van der Waals surface area contributed by atoms with Crippen LogP contribution in [0.3, 0.4) is 0 Å². The van der Waals surface area contributed by atoms with E-state index in [1.54, 1.807) is 17.1 Å². The van der Waals surface area contributed by atoms with Crippen molar-refractivity contribution in [3.8, 4) is 0 Å². The number of nitrogens with two attached hydrogens (primary N) is 1. The third kappa shape index (κ3) is 2.41. The molecule has 0 radical (unpaired) electrons. The van der Waals surface area contributed by atoms with Crippen molar-refractivity contribution in [1.82, 2.24) is 14.7 Å². The van der Waals surface area contributed by atoms with E-state index in [2.05, 4.69) is 12.0 Å². The minimum atomic E-state index is 0.103. The van der Waals surface area contributed by atoms with E-state index >= 15 is 0 Å². The summed E-state index contributed by atoms with van der Waals surface area (Å²) in [5.41, 5.74) is 5.96. The molecule has 0 bridgehead atoms. The molecule has 2 heterocycles. The quantitative estimate of drug-likeness (QED) is 0.770. The van der Waals surface area contributed by atoms with Crippen LogP contribution >= 0.6 is 0 Å². The summed E-state index contributed by atoms with van der Waals surface area (Å²) in [4.78, 5) is 13.8. The first-order chi connectivity index (χ1) is 7.66. The lowest BCUT2D eigenvalue weighted by Crippen LogP contribution is -2.50. The second kappa shape index (κ2) is 4.65. The van der Waals surface area contributed by atoms with E-state index in [0.29, 0.717) is 19.0 Å². The molecule has 2 unspecified atom stereocenters. The van der Waals surface area contributed by atoms with Gasteiger partial charge in [0.05, 0.1) is 0 Å². The van der Waals surface area contributed by atoms with Gasteiger partial charge in [-0.05, 0) is 18.4 Å². The number of piperidine rings is 1. The Morgan fingerprint density at radius 1 is 1.62 bits per heavy atom. The van der Waals surface area contributed by atoms with Crippen LogP contribution in [0.5, 0.6) is 0 Å². The van der Waals surface area contributed by atoms with Crippen LogP contribution in [-0.2, 0) is 11.3 Å². The molecule has 2 rings (SSSR count). The van der Waals surface area contributed by atoms with Crippen molar-refractivity contribution in [2.24, 2.45) is 11.7 Å². The lowest BCUT2D eigenvalue weighted by Gasteiger charge is -2.35. The van der Waals surface area contributed by atoms with Crippen LogP contribution in [0.2, 0.25) is 0 Å². The second-order valence-corrected chi connectivity index (χ2v) is 4.47. The van der Waals surface area contributed by atoms with Crippen LogP contribution in [0.15, 0.2) is 18.5 Å². The third-order valence-electron chi connectivity index (χ3n) is 3.23. The van der Waals surface area contributed by atoms with E-state index in [0.717, 1.165) is 13.0 Å². The Morgan fingerprint density at radius 3 is 3.06 bits per heavy atom. The van der Waals surface area contributed by atoms with Gasteiger partial charge in [-0.1, -0.05) is 6.92 Å². The summed E-state index contributed by atoms with van der Waals surface area (Å²) in [5, 5.41) is 4.02. The average molecular weight is 222 g/mol. The second-order valence-electron chi connectivity index (χ2n) is 4.47. The zero-order valence-electron chi connectivity index (χ0n) is 9.54. The first kappa shape index (κ1) is 11.1. The summed E-state index contributed by atoms with van der Waals surface area (Å²) in [7, 11) is 0. The molecule has 1 aromatic heterocycles. The summed E-state index contributed by atoms with van der Waals surface area (Å²) in [6.07, 6.45) is 4.47. The molecule has 0 aliphatic carbocycles. The molecule has 1 amide bonds. The van der Waals surface area contributed by atoms with Gasteiger partial charge < -0.3 is 10.6 Å². The third-order valence-corrected chi connectivity index (χ3v) is 3.23. The summed E-state index contributed by atoms with van der Waals surface area (Å²) >= 11 is 0. The van der Waals surface area contributed by atoms with Crippen molar-refractivity contribution in [3.05, 3.63) is 18.5 Å². The van der Waals surface area contributed by atoms with Gasteiger partial charge in [0.2, 0.25) is 5.91 Å². The molecule has 1 aromatic rings. The van der Waals surface area contributed by atoms with Crippen molar-refractivity contribution in [1.29, 1.82) is 0 Å². The van der Waals surface area contributed by atoms with E-state index < -0.39 is 0 Å². The Bertz CT molecular complexity index is 349. The van der Waals surface area contributed by atoms with E-state index in [4.69, 9.17) is 5.73 Å². The molecule has 0 spiro atoms. The number of hydrogen-bond acceptors (Lipinski definition) is 3. The molecule has 5 nitrogen and oxygen atoms in total. The zero-order chi connectivity index (χ0) is 11.5. The van der Waals surface area contributed by atoms with Gasteiger partial charge in [-0.3, -0.25) is 9.48 Å². The minimum Gasteiger partial charge on any atom is -0.340 e. The summed E-state index contributed by atoms with van der Waals surface area (Å²) in [6.45, 7) is 3.93. The van der Waals surface area contributed by atoms with Crippen LogP contribution in [0.25, 0.3) is 0 Å². The fourth-order valence-corrected chi connectivity index (χ4v) is 1.96. The molecular formula is C11H18N4O. The topological polar surface area (TPSA) is 64.2 Å². The van der Waals surface area contributed by atoms with Gasteiger partial charge in [0.25, 0.3) is 0 Å². The van der Waals surface area contributed by atoms with Crippen LogP contribution < -0.4 is 5.73 Å². The first-order valence-electron chi connectivity index (χ1n) is 5.67. The highest BCUT2D eigenvalue weighted by atomic mass is 16.2. The maximum atomic E-state index is 11.9. The van der Waals surface area contributed by atoms with Crippen molar-refractivity contribution in [2.45, 2.75) is 25.9 Å². The Balaban J connectivity index is 1.90. The molecule has 2 N–H and O–H groups in total. The average Bonchev–Trinajstić information content (AvgIpc) is 2.74. The summed E-state index contributed by atoms with van der Waals surface area (Å²) in [5.74, 6) is 0.611. The molecule has 88 valence electrons. The molecular weight excluding hydrogens is 204 g/mol. The van der Waals surface area contributed by atoms with Crippen molar-refractivity contribution >= 4 is 5.91 Å². The van der Waals surface area contributed by atoms with Gasteiger partial charge >= 0.3 is 0 Å². The molecule has 2 atom stereocenters. The molecule has 16 heavy (non-hydrogen) atoms. The number of likely N-dealkylation sites (tertiary alicyclic amines) is 1. The Labute approximate surface area is 95.2 Å². The number of rotatable bonds is 2. The fourth-order valence-electron chi connectivity index (χ4n) is 1.96. The van der Waals surface area contributed by atoms with E-state index in [9.17, 15) is 4.79 Å². The van der Waals surface area contributed by atoms with Crippen LogP contribution in [0.1, 0.15) is 13.3 Å². The number of carbonyl (C=O) groups is 1. The predicted molar refractivity (Wildman–Crippen MR) is 60.6 cm³/mol. The van der Waals surface area contributed by atoms with Crippen molar-refractivity contribution in [3.63, 3.8) is 0 Å². The van der Waals surface area contributed by atoms with Crippen molar-refractivity contribution in [2.75, 3.05) is 13.1 Å². The SMILES string of the molecule is CC1CCN(C(=O)Cn2cccn2)CC1N. The summed E-state index contributed by atoms with van der Waals surface area (Å²) < 4.78 is 1.64. The maximum absolute atomic E-state index is 11.9. The Morgan fingerprint density at radius 2 is 2.44 bits per heavy atom. The molecule has 1 saturated heterocycles. The highest BCUT2D eigenvalue weighted by Crippen LogP contribution is 2.15. The Hall–Kier alpha value is -1.36. The molecule has 0 saturated carbocycles.